The van der Waals surface area contributed by atoms with Crippen LogP contribution >= 0.6 is 0 Å². The Kier molecular flexibility index (Phi) is 5.06. The van der Waals surface area contributed by atoms with E-state index >= 15 is 0 Å². The van der Waals surface area contributed by atoms with E-state index in [-0.39, 0.29) is 11.8 Å². The highest BCUT2D eigenvalue weighted by Gasteiger charge is 2.38. The summed E-state index contributed by atoms with van der Waals surface area (Å²) in [5.74, 6) is -0.696. The Morgan fingerprint density at radius 2 is 2.07 bits per heavy atom. The second-order valence-electron chi connectivity index (χ2n) is 7.59. The van der Waals surface area contributed by atoms with Crippen LogP contribution in [0.15, 0.2) is 24.7 Å². The summed E-state index contributed by atoms with van der Waals surface area (Å²) in [5, 5.41) is 0. The van der Waals surface area contributed by atoms with Gasteiger partial charge in [-0.05, 0) is 24.8 Å². The Bertz CT molecular complexity index is 1120. The highest BCUT2D eigenvalue weighted by atomic mass is 32.2. The molecule has 29 heavy (non-hydrogen) atoms. The van der Waals surface area contributed by atoms with E-state index < -0.39 is 34.4 Å². The lowest BCUT2D eigenvalue weighted by atomic mass is 9.91. The van der Waals surface area contributed by atoms with Gasteiger partial charge in [0.15, 0.2) is 11.3 Å². The van der Waals surface area contributed by atoms with Gasteiger partial charge >= 0.3 is 6.18 Å². The van der Waals surface area contributed by atoms with Crippen LogP contribution in [0.2, 0.25) is 0 Å². The van der Waals surface area contributed by atoms with Crippen molar-refractivity contribution in [1.82, 2.24) is 24.1 Å². The molecule has 3 unspecified atom stereocenters. The smallest absolute Gasteiger partial charge is 0.345 e. The molecule has 0 saturated heterocycles. The molecular formula is C18H22F3N5O2S. The summed E-state index contributed by atoms with van der Waals surface area (Å²) in [6.07, 6.45) is 1.36. The number of hydrogen-bond donors (Lipinski definition) is 2. The Balaban J connectivity index is 1.58. The molecule has 0 aliphatic heterocycles. The van der Waals surface area contributed by atoms with Gasteiger partial charge in [-0.3, -0.25) is 4.40 Å². The number of imidazole rings is 1. The number of halogens is 3. The van der Waals surface area contributed by atoms with E-state index in [1.165, 1.54) is 0 Å². The predicted molar refractivity (Wildman–Crippen MR) is 102 cm³/mol. The maximum atomic E-state index is 12.4. The van der Waals surface area contributed by atoms with Crippen LogP contribution in [0.4, 0.5) is 13.2 Å². The van der Waals surface area contributed by atoms with Gasteiger partial charge in [-0.1, -0.05) is 13.3 Å². The van der Waals surface area contributed by atoms with Gasteiger partial charge in [0.05, 0.1) is 23.9 Å². The lowest BCUT2D eigenvalue weighted by molar-refractivity contribution is -0.130. The van der Waals surface area contributed by atoms with Crippen molar-refractivity contribution < 1.29 is 21.6 Å². The van der Waals surface area contributed by atoms with E-state index in [0.717, 1.165) is 23.3 Å². The van der Waals surface area contributed by atoms with Crippen LogP contribution < -0.4 is 4.72 Å². The van der Waals surface area contributed by atoms with Gasteiger partial charge in [-0.15, -0.1) is 0 Å². The second kappa shape index (κ2) is 7.28. The molecule has 3 atom stereocenters. The van der Waals surface area contributed by atoms with Crippen LogP contribution in [-0.4, -0.2) is 45.7 Å². The van der Waals surface area contributed by atoms with Gasteiger partial charge in [-0.2, -0.15) is 13.2 Å². The van der Waals surface area contributed by atoms with Crippen molar-refractivity contribution in [1.29, 1.82) is 0 Å². The minimum Gasteiger partial charge on any atom is -0.345 e. The summed E-state index contributed by atoms with van der Waals surface area (Å²) in [7, 11) is -4.00. The fraction of sp³-hybridized carbons (Fsp3) is 0.556. The molecule has 3 heterocycles. The third-order valence-electron chi connectivity index (χ3n) is 5.67. The molecule has 0 radical (unpaired) electrons. The molecule has 11 heteroatoms. The molecule has 158 valence electrons. The second-order valence-corrected chi connectivity index (χ2v) is 9.46. The average molecular weight is 429 g/mol. The fourth-order valence-electron chi connectivity index (χ4n) is 4.35. The van der Waals surface area contributed by atoms with Crippen LogP contribution in [-0.2, 0) is 10.0 Å². The van der Waals surface area contributed by atoms with Crippen LogP contribution in [0.1, 0.15) is 44.2 Å². The minimum absolute atomic E-state index is 0.0471. The maximum Gasteiger partial charge on any atom is 0.390 e. The summed E-state index contributed by atoms with van der Waals surface area (Å²) in [6.45, 7) is 2.04. The molecule has 7 nitrogen and oxygen atoms in total. The Hall–Kier alpha value is -2.14. The molecule has 0 spiro atoms. The number of H-pyrrole nitrogens is 1. The molecule has 0 amide bonds. The summed E-state index contributed by atoms with van der Waals surface area (Å²) in [6, 6.07) is 1.52. The zero-order valence-corrected chi connectivity index (χ0v) is 16.6. The first-order valence-corrected chi connectivity index (χ1v) is 11.2. The number of hydrogen-bond acceptors (Lipinski definition) is 4. The molecule has 1 aliphatic carbocycles. The molecule has 0 aromatic carbocycles. The highest BCUT2D eigenvalue weighted by molar-refractivity contribution is 7.89. The van der Waals surface area contributed by atoms with Crippen LogP contribution in [0.5, 0.6) is 0 Å². The summed E-state index contributed by atoms with van der Waals surface area (Å²) in [5.41, 5.74) is 3.29. The van der Waals surface area contributed by atoms with Gasteiger partial charge in [0, 0.05) is 30.0 Å². The van der Waals surface area contributed by atoms with E-state index in [0.29, 0.717) is 18.5 Å². The number of nitrogens with zero attached hydrogens (tertiary/aromatic N) is 3. The number of aromatic nitrogens is 4. The number of alkyl halides is 3. The van der Waals surface area contributed by atoms with Crippen LogP contribution in [0.3, 0.4) is 0 Å². The lowest BCUT2D eigenvalue weighted by Gasteiger charge is -2.17. The third-order valence-corrected chi connectivity index (χ3v) is 7.10. The first-order chi connectivity index (χ1) is 13.7. The summed E-state index contributed by atoms with van der Waals surface area (Å²) < 4.78 is 66.0. The van der Waals surface area contributed by atoms with Gasteiger partial charge in [0.25, 0.3) is 0 Å². The number of nitrogens with one attached hydrogen (secondary N) is 2. The van der Waals surface area contributed by atoms with Gasteiger partial charge in [-0.25, -0.2) is 23.1 Å². The molecule has 1 fully saturated rings. The van der Waals surface area contributed by atoms with Crippen molar-refractivity contribution >= 4 is 26.8 Å². The van der Waals surface area contributed by atoms with Crippen molar-refractivity contribution in [2.75, 3.05) is 5.75 Å². The largest absolute Gasteiger partial charge is 0.390 e. The number of aromatic amines is 1. The Morgan fingerprint density at radius 1 is 1.28 bits per heavy atom. The van der Waals surface area contributed by atoms with E-state index in [4.69, 9.17) is 0 Å². The van der Waals surface area contributed by atoms with Gasteiger partial charge < -0.3 is 4.98 Å². The zero-order valence-electron chi connectivity index (χ0n) is 15.8. The quantitative estimate of drug-likeness (QED) is 0.629. The standard InChI is InChI=1S/C18H22F3N5O2S/c1-2-11-7-12(25-29(27,28)6-4-18(19,20)21)8-13(11)15-9-23-16-10-24-17-14(26(15)16)3-5-22-17/h3,5,9-13,22,25H,2,4,6-8H2,1H3. The zero-order chi connectivity index (χ0) is 20.8. The molecule has 3 aromatic rings. The number of fused-ring (bicyclic) bond motifs is 3. The summed E-state index contributed by atoms with van der Waals surface area (Å²) >= 11 is 0. The van der Waals surface area contributed by atoms with Crippen molar-refractivity contribution in [3.05, 3.63) is 30.4 Å². The maximum absolute atomic E-state index is 12.4. The van der Waals surface area contributed by atoms with Crippen molar-refractivity contribution in [3.63, 3.8) is 0 Å². The molecule has 3 aromatic heterocycles. The van der Waals surface area contributed by atoms with Crippen LogP contribution in [0, 0.1) is 5.92 Å². The molecule has 0 bridgehead atoms. The molecular weight excluding hydrogens is 407 g/mol. The molecule has 1 aliphatic rings. The van der Waals surface area contributed by atoms with E-state index in [1.54, 1.807) is 18.6 Å². The normalized spacial score (nSPS) is 23.4. The lowest BCUT2D eigenvalue weighted by Crippen LogP contribution is -2.36. The third kappa shape index (κ3) is 4.11. The van der Waals surface area contributed by atoms with Crippen LogP contribution in [0.25, 0.3) is 16.8 Å². The SMILES string of the molecule is CCC1CC(NS(=O)(=O)CCC(F)(F)F)CC1c1cnc2cnc3[nH]ccc3n12. The first kappa shape index (κ1) is 20.1. The predicted octanol–water partition coefficient (Wildman–Crippen LogP) is 3.35. The van der Waals surface area contributed by atoms with Gasteiger partial charge in [0.2, 0.25) is 10.0 Å². The fourth-order valence-corrected chi connectivity index (χ4v) is 5.67. The summed E-state index contributed by atoms with van der Waals surface area (Å²) in [4.78, 5) is 11.8. The van der Waals surface area contributed by atoms with Crippen molar-refractivity contribution in [3.8, 4) is 0 Å². The van der Waals surface area contributed by atoms with Crippen molar-refractivity contribution in [2.45, 2.75) is 50.7 Å². The minimum atomic E-state index is -4.49. The Morgan fingerprint density at radius 3 is 2.79 bits per heavy atom. The average Bonchev–Trinajstić information content (AvgIpc) is 3.35. The number of sulfonamides is 1. The van der Waals surface area contributed by atoms with Crippen molar-refractivity contribution in [2.24, 2.45) is 5.92 Å². The topological polar surface area (TPSA) is 92.2 Å². The number of rotatable bonds is 6. The molecule has 1 saturated carbocycles. The monoisotopic (exact) mass is 429 g/mol. The highest BCUT2D eigenvalue weighted by Crippen LogP contribution is 2.42. The Labute approximate surface area is 165 Å². The molecule has 2 N–H and O–H groups in total. The van der Waals surface area contributed by atoms with Gasteiger partial charge in [0.1, 0.15) is 0 Å². The van der Waals surface area contributed by atoms with E-state index in [9.17, 15) is 21.6 Å². The van der Waals surface area contributed by atoms with E-state index in [2.05, 4.69) is 19.7 Å². The first-order valence-electron chi connectivity index (χ1n) is 9.53. The van der Waals surface area contributed by atoms with E-state index in [1.807, 2.05) is 17.4 Å². The molecule has 4 rings (SSSR count).